The minimum Gasteiger partial charge on any atom is -0.444 e. The Morgan fingerprint density at radius 2 is 1.34 bits per heavy atom. The molecule has 0 spiro atoms. The highest BCUT2D eigenvalue weighted by Gasteiger charge is 2.32. The minimum absolute atomic E-state index is 0.0132. The number of ether oxygens (including phenoxy) is 1. The second-order valence-electron chi connectivity index (χ2n) is 13.6. The number of carbonyl (C=O) groups excluding carboxylic acids is 3. The normalized spacial score (nSPS) is 14.1. The second kappa shape index (κ2) is 17.6. The van der Waals surface area contributed by atoms with E-state index in [2.05, 4.69) is 16.0 Å². The molecule has 3 aromatic rings. The smallest absolute Gasteiger partial charge is 0.407 e. The van der Waals surface area contributed by atoms with Crippen molar-refractivity contribution in [3.63, 3.8) is 0 Å². The van der Waals surface area contributed by atoms with Crippen LogP contribution in [0.15, 0.2) is 84.9 Å². The van der Waals surface area contributed by atoms with Gasteiger partial charge < -0.3 is 25.4 Å². The van der Waals surface area contributed by atoms with E-state index in [0.717, 1.165) is 22.4 Å². The average molecular weight is 645 g/mol. The molecule has 0 heterocycles. The lowest BCUT2D eigenvalue weighted by Crippen LogP contribution is -2.51. The number of hydrogen-bond donors (Lipinski definition) is 4. The Kier molecular flexibility index (Phi) is 14.0. The summed E-state index contributed by atoms with van der Waals surface area (Å²) in [6.45, 7) is 9.63. The molecule has 9 heteroatoms. The summed E-state index contributed by atoms with van der Waals surface area (Å²) in [6, 6.07) is 25.7. The van der Waals surface area contributed by atoms with Crippen molar-refractivity contribution in [2.75, 3.05) is 19.0 Å². The molecular weight excluding hydrogens is 592 g/mol. The van der Waals surface area contributed by atoms with Gasteiger partial charge in [-0.2, -0.15) is 0 Å². The minimum atomic E-state index is -1.11. The van der Waals surface area contributed by atoms with Gasteiger partial charge in [-0.1, -0.05) is 86.6 Å². The van der Waals surface area contributed by atoms with Crippen LogP contribution in [0.4, 0.5) is 10.5 Å². The van der Waals surface area contributed by atoms with Crippen LogP contribution in [0.25, 0.3) is 0 Å². The van der Waals surface area contributed by atoms with E-state index < -0.39 is 47.6 Å². The molecule has 4 N–H and O–H groups in total. The molecule has 0 radical (unpaired) electrons. The molecule has 47 heavy (non-hydrogen) atoms. The third-order valence-corrected chi connectivity index (χ3v) is 7.86. The highest BCUT2D eigenvalue weighted by atomic mass is 16.6. The molecule has 0 saturated heterocycles. The van der Waals surface area contributed by atoms with E-state index >= 15 is 0 Å². The summed E-state index contributed by atoms with van der Waals surface area (Å²) >= 11 is 0. The van der Waals surface area contributed by atoms with E-state index in [9.17, 15) is 19.5 Å². The zero-order valence-electron chi connectivity index (χ0n) is 28.8. The molecular formula is C38H52N4O5. The van der Waals surface area contributed by atoms with Crippen LogP contribution in [0, 0.1) is 11.8 Å². The molecule has 254 valence electrons. The summed E-state index contributed by atoms with van der Waals surface area (Å²) in [5, 5.41) is 20.3. The molecule has 0 aliphatic heterocycles. The Balaban J connectivity index is 1.77. The van der Waals surface area contributed by atoms with Crippen LogP contribution >= 0.6 is 0 Å². The van der Waals surface area contributed by atoms with E-state index in [-0.39, 0.29) is 12.3 Å². The zero-order chi connectivity index (χ0) is 34.6. The Morgan fingerprint density at radius 1 is 0.787 bits per heavy atom. The van der Waals surface area contributed by atoms with Gasteiger partial charge in [0.2, 0.25) is 11.8 Å². The van der Waals surface area contributed by atoms with Gasteiger partial charge in [0.25, 0.3) is 0 Å². The third-order valence-electron chi connectivity index (χ3n) is 7.86. The fourth-order valence-electron chi connectivity index (χ4n) is 5.32. The molecule has 3 amide bonds. The topological polar surface area (TPSA) is 120 Å². The van der Waals surface area contributed by atoms with E-state index in [1.807, 2.05) is 118 Å². The number of hydrogen-bond acceptors (Lipinski definition) is 7. The standard InChI is InChI=1S/C38H52N4O5/c1-26(2)34(39-25-29-18-20-31(21-19-29)42(6)7)36(45)41-35(44)30(22-27-14-10-8-11-15-27)24-33(43)32(23-28-16-12-9-13-17-28)40-37(46)47-38(3,4)5/h8-21,26,30,32-34,39,43H,22-25H2,1-7H3,(H,40,46)(H,41,44,45)/t30?,32-,33-,34+/m0/s1. The summed E-state index contributed by atoms with van der Waals surface area (Å²) in [5.41, 5.74) is 3.18. The first-order valence-electron chi connectivity index (χ1n) is 16.3. The fraction of sp³-hybridized carbons (Fsp3) is 0.447. The molecule has 3 aromatic carbocycles. The summed E-state index contributed by atoms with van der Waals surface area (Å²) in [7, 11) is 3.96. The molecule has 9 nitrogen and oxygen atoms in total. The van der Waals surface area contributed by atoms with Gasteiger partial charge in [-0.3, -0.25) is 14.9 Å². The highest BCUT2D eigenvalue weighted by molar-refractivity contribution is 5.99. The summed E-state index contributed by atoms with van der Waals surface area (Å²) in [5.74, 6) is -1.73. The summed E-state index contributed by atoms with van der Waals surface area (Å²) in [4.78, 5) is 42.1. The van der Waals surface area contributed by atoms with E-state index in [0.29, 0.717) is 19.4 Å². The van der Waals surface area contributed by atoms with Crippen molar-refractivity contribution in [2.45, 2.75) is 84.2 Å². The molecule has 4 atom stereocenters. The number of anilines is 1. The molecule has 0 saturated carbocycles. The number of benzene rings is 3. The van der Waals surface area contributed by atoms with Gasteiger partial charge in [-0.15, -0.1) is 0 Å². The fourth-order valence-corrected chi connectivity index (χ4v) is 5.32. The van der Waals surface area contributed by atoms with E-state index in [1.54, 1.807) is 20.8 Å². The number of amides is 3. The quantitative estimate of drug-likeness (QED) is 0.178. The predicted octanol–water partition coefficient (Wildman–Crippen LogP) is 5.26. The zero-order valence-corrected chi connectivity index (χ0v) is 28.8. The Morgan fingerprint density at radius 3 is 1.85 bits per heavy atom. The molecule has 0 aliphatic rings. The number of nitrogens with zero attached hydrogens (tertiary/aromatic N) is 1. The summed E-state index contributed by atoms with van der Waals surface area (Å²) < 4.78 is 5.48. The van der Waals surface area contributed by atoms with Gasteiger partial charge in [-0.25, -0.2) is 4.79 Å². The SMILES string of the molecule is CC(C)[C@@H](NCc1ccc(N(C)C)cc1)C(=O)NC(=O)C(Cc1ccccc1)C[C@H](O)[C@H](Cc1ccccc1)NC(=O)OC(C)(C)C. The lowest BCUT2D eigenvalue weighted by Gasteiger charge is -2.29. The van der Waals surface area contributed by atoms with Crippen LogP contribution in [0.5, 0.6) is 0 Å². The van der Waals surface area contributed by atoms with Crippen molar-refractivity contribution in [3.05, 3.63) is 102 Å². The van der Waals surface area contributed by atoms with Crippen LogP contribution in [0.2, 0.25) is 0 Å². The van der Waals surface area contributed by atoms with Gasteiger partial charge in [0.15, 0.2) is 0 Å². The maximum absolute atomic E-state index is 13.8. The van der Waals surface area contributed by atoms with Gasteiger partial charge in [0.05, 0.1) is 18.2 Å². The van der Waals surface area contributed by atoms with Crippen LogP contribution in [-0.4, -0.2) is 60.9 Å². The highest BCUT2D eigenvalue weighted by Crippen LogP contribution is 2.20. The first kappa shape index (κ1) is 37.2. The van der Waals surface area contributed by atoms with Gasteiger partial charge in [0.1, 0.15) is 5.60 Å². The van der Waals surface area contributed by atoms with Crippen molar-refractivity contribution in [2.24, 2.45) is 11.8 Å². The predicted molar refractivity (Wildman–Crippen MR) is 187 cm³/mol. The van der Waals surface area contributed by atoms with Crippen molar-refractivity contribution < 1.29 is 24.2 Å². The lowest BCUT2D eigenvalue weighted by atomic mass is 9.88. The van der Waals surface area contributed by atoms with Crippen molar-refractivity contribution >= 4 is 23.6 Å². The van der Waals surface area contributed by atoms with E-state index in [4.69, 9.17) is 4.74 Å². The van der Waals surface area contributed by atoms with Gasteiger partial charge in [-0.05, 0) is 74.8 Å². The first-order valence-corrected chi connectivity index (χ1v) is 16.3. The molecule has 1 unspecified atom stereocenters. The van der Waals surface area contributed by atoms with Crippen molar-refractivity contribution in [3.8, 4) is 0 Å². The molecule has 0 bridgehead atoms. The molecule has 3 rings (SSSR count). The molecule has 0 aromatic heterocycles. The van der Waals surface area contributed by atoms with Crippen LogP contribution in [0.3, 0.4) is 0 Å². The third kappa shape index (κ3) is 12.8. The monoisotopic (exact) mass is 644 g/mol. The number of imide groups is 1. The van der Waals surface area contributed by atoms with Crippen LogP contribution < -0.4 is 20.9 Å². The lowest BCUT2D eigenvalue weighted by molar-refractivity contribution is -0.135. The Hall–Kier alpha value is -4.21. The van der Waals surface area contributed by atoms with Crippen LogP contribution in [0.1, 0.15) is 57.7 Å². The number of aliphatic hydroxyl groups excluding tert-OH is 1. The number of carbonyl (C=O) groups is 3. The van der Waals surface area contributed by atoms with Gasteiger partial charge in [0, 0.05) is 32.2 Å². The Labute approximate surface area is 280 Å². The number of alkyl carbamates (subject to hydrolysis) is 1. The number of nitrogens with one attached hydrogen (secondary N) is 3. The van der Waals surface area contributed by atoms with Crippen molar-refractivity contribution in [1.29, 1.82) is 0 Å². The molecule has 0 fully saturated rings. The van der Waals surface area contributed by atoms with Gasteiger partial charge >= 0.3 is 6.09 Å². The largest absolute Gasteiger partial charge is 0.444 e. The van der Waals surface area contributed by atoms with E-state index in [1.165, 1.54) is 0 Å². The first-order chi connectivity index (χ1) is 22.2. The number of rotatable bonds is 15. The Bertz CT molecular complexity index is 1410. The average Bonchev–Trinajstić information content (AvgIpc) is 3.00. The summed E-state index contributed by atoms with van der Waals surface area (Å²) in [6.07, 6.45) is -1.12. The maximum Gasteiger partial charge on any atom is 0.407 e. The number of aliphatic hydroxyl groups is 1. The van der Waals surface area contributed by atoms with Crippen molar-refractivity contribution in [1.82, 2.24) is 16.0 Å². The van der Waals surface area contributed by atoms with Crippen LogP contribution in [-0.2, 0) is 33.7 Å². The second-order valence-corrected chi connectivity index (χ2v) is 13.6. The molecule has 0 aliphatic carbocycles. The maximum atomic E-state index is 13.8.